The molecule has 1 aliphatic heterocycles. The lowest BCUT2D eigenvalue weighted by molar-refractivity contribution is -0.137. The van der Waals surface area contributed by atoms with Crippen LogP contribution >= 0.6 is 11.6 Å². The Morgan fingerprint density at radius 3 is 2.61 bits per heavy atom. The van der Waals surface area contributed by atoms with Gasteiger partial charge in [-0.15, -0.1) is 0 Å². The van der Waals surface area contributed by atoms with Gasteiger partial charge in [-0.2, -0.15) is 13.2 Å². The maximum atomic E-state index is 13.3. The minimum atomic E-state index is -4.65. The third kappa shape index (κ3) is 5.50. The van der Waals surface area contributed by atoms with Crippen molar-refractivity contribution in [1.82, 2.24) is 5.32 Å². The predicted octanol–water partition coefficient (Wildman–Crippen LogP) is 4.89. The van der Waals surface area contributed by atoms with Gasteiger partial charge in [0.05, 0.1) is 17.8 Å². The van der Waals surface area contributed by atoms with Crippen LogP contribution in [0.1, 0.15) is 41.8 Å². The molecule has 0 unspecified atom stereocenters. The molecule has 0 saturated heterocycles. The summed E-state index contributed by atoms with van der Waals surface area (Å²) in [5, 5.41) is 5.15. The molecule has 2 N–H and O–H groups in total. The minimum Gasteiger partial charge on any atom is -0.362 e. The molecule has 1 aliphatic rings. The van der Waals surface area contributed by atoms with Crippen LogP contribution in [-0.2, 0) is 17.4 Å². The second-order valence-electron chi connectivity index (χ2n) is 7.69. The average Bonchev–Trinajstić information content (AvgIpc) is 2.68. The molecule has 0 spiro atoms. The SMILES string of the molecule is CC(C)NC(=O)c1cccc2c1CCCN2CC(=O)Nc1ccc(Cl)cc1C(F)(F)F. The third-order valence-corrected chi connectivity index (χ3v) is 5.14. The monoisotopic (exact) mass is 453 g/mol. The number of nitrogens with zero attached hydrogens (tertiary/aromatic N) is 1. The average molecular weight is 454 g/mol. The van der Waals surface area contributed by atoms with Crippen molar-refractivity contribution in [3.05, 3.63) is 58.1 Å². The fourth-order valence-corrected chi connectivity index (χ4v) is 3.81. The highest BCUT2D eigenvalue weighted by Crippen LogP contribution is 2.36. The second kappa shape index (κ2) is 9.18. The first-order valence-electron chi connectivity index (χ1n) is 9.90. The van der Waals surface area contributed by atoms with Crippen molar-refractivity contribution in [2.75, 3.05) is 23.3 Å². The van der Waals surface area contributed by atoms with E-state index in [1.54, 1.807) is 17.0 Å². The molecule has 0 fully saturated rings. The van der Waals surface area contributed by atoms with Crippen molar-refractivity contribution >= 4 is 34.8 Å². The Kier molecular flexibility index (Phi) is 6.79. The number of benzene rings is 2. The number of alkyl halides is 3. The number of hydrogen-bond acceptors (Lipinski definition) is 3. The fraction of sp³-hybridized carbons (Fsp3) is 0.364. The van der Waals surface area contributed by atoms with Gasteiger partial charge in [0.1, 0.15) is 0 Å². The first-order chi connectivity index (χ1) is 14.6. The molecule has 1 heterocycles. The maximum absolute atomic E-state index is 13.3. The minimum absolute atomic E-state index is 0.0176. The number of fused-ring (bicyclic) bond motifs is 1. The van der Waals surface area contributed by atoms with Gasteiger partial charge in [-0.05, 0) is 62.6 Å². The Balaban J connectivity index is 1.80. The predicted molar refractivity (Wildman–Crippen MR) is 115 cm³/mol. The molecule has 166 valence electrons. The van der Waals surface area contributed by atoms with Gasteiger partial charge >= 0.3 is 6.18 Å². The summed E-state index contributed by atoms with van der Waals surface area (Å²) >= 11 is 5.69. The van der Waals surface area contributed by atoms with Crippen molar-refractivity contribution < 1.29 is 22.8 Å². The maximum Gasteiger partial charge on any atom is 0.418 e. The van der Waals surface area contributed by atoms with Crippen molar-refractivity contribution in [3.8, 4) is 0 Å². The van der Waals surface area contributed by atoms with E-state index in [2.05, 4.69) is 10.6 Å². The zero-order valence-corrected chi connectivity index (χ0v) is 17.9. The number of amides is 2. The molecular formula is C22H23ClF3N3O2. The summed E-state index contributed by atoms with van der Waals surface area (Å²) in [6.07, 6.45) is -3.24. The Labute approximate surface area is 183 Å². The second-order valence-corrected chi connectivity index (χ2v) is 8.13. The summed E-state index contributed by atoms with van der Waals surface area (Å²) in [6, 6.07) is 8.50. The number of nitrogens with one attached hydrogen (secondary N) is 2. The third-order valence-electron chi connectivity index (χ3n) is 4.91. The van der Waals surface area contributed by atoms with Crippen LogP contribution in [0.2, 0.25) is 5.02 Å². The van der Waals surface area contributed by atoms with Gasteiger partial charge in [-0.1, -0.05) is 17.7 Å². The normalized spacial score (nSPS) is 13.7. The highest BCUT2D eigenvalue weighted by Gasteiger charge is 2.34. The largest absolute Gasteiger partial charge is 0.418 e. The fourth-order valence-electron chi connectivity index (χ4n) is 3.64. The lowest BCUT2D eigenvalue weighted by Crippen LogP contribution is -2.38. The Hall–Kier alpha value is -2.74. The van der Waals surface area contributed by atoms with Gasteiger partial charge in [0.15, 0.2) is 0 Å². The first-order valence-corrected chi connectivity index (χ1v) is 10.3. The van der Waals surface area contributed by atoms with Crippen LogP contribution in [0.3, 0.4) is 0 Å². The van der Waals surface area contributed by atoms with E-state index in [9.17, 15) is 22.8 Å². The lowest BCUT2D eigenvalue weighted by atomic mass is 9.95. The molecule has 0 saturated carbocycles. The van der Waals surface area contributed by atoms with Crippen LogP contribution in [-0.4, -0.2) is 30.9 Å². The van der Waals surface area contributed by atoms with Crippen LogP contribution in [0, 0.1) is 0 Å². The van der Waals surface area contributed by atoms with Crippen LogP contribution in [0.5, 0.6) is 0 Å². The van der Waals surface area contributed by atoms with E-state index in [0.717, 1.165) is 29.8 Å². The molecule has 3 rings (SSSR count). The molecule has 2 aromatic rings. The number of rotatable bonds is 5. The number of halogens is 4. The first kappa shape index (κ1) is 22.9. The van der Waals surface area contributed by atoms with E-state index >= 15 is 0 Å². The number of anilines is 2. The summed E-state index contributed by atoms with van der Waals surface area (Å²) < 4.78 is 39.9. The Morgan fingerprint density at radius 2 is 1.94 bits per heavy atom. The van der Waals surface area contributed by atoms with E-state index in [1.807, 2.05) is 19.9 Å². The van der Waals surface area contributed by atoms with E-state index in [-0.39, 0.29) is 29.2 Å². The molecule has 0 radical (unpaired) electrons. The molecule has 0 aliphatic carbocycles. The van der Waals surface area contributed by atoms with Gasteiger partial charge in [0.25, 0.3) is 5.91 Å². The highest BCUT2D eigenvalue weighted by atomic mass is 35.5. The van der Waals surface area contributed by atoms with Crippen LogP contribution in [0.4, 0.5) is 24.5 Å². The van der Waals surface area contributed by atoms with E-state index < -0.39 is 17.6 Å². The number of carbonyl (C=O) groups excluding carboxylic acids is 2. The van der Waals surface area contributed by atoms with Crippen LogP contribution in [0.15, 0.2) is 36.4 Å². The molecule has 9 heteroatoms. The van der Waals surface area contributed by atoms with E-state index in [1.165, 1.54) is 6.07 Å². The number of hydrogen-bond donors (Lipinski definition) is 2. The molecule has 2 aromatic carbocycles. The zero-order valence-electron chi connectivity index (χ0n) is 17.1. The van der Waals surface area contributed by atoms with Crippen LogP contribution in [0.25, 0.3) is 0 Å². The standard InChI is InChI=1S/C22H23ClF3N3O2/c1-13(2)27-21(31)16-5-3-7-19-15(16)6-4-10-29(19)12-20(30)28-18-9-8-14(23)11-17(18)22(24,25)26/h3,5,7-9,11,13H,4,6,10,12H2,1-2H3,(H,27,31)(H,28,30). The summed E-state index contributed by atoms with van der Waals surface area (Å²) in [5.74, 6) is -0.771. The quantitative estimate of drug-likeness (QED) is 0.677. The number of carbonyl (C=O) groups is 2. The van der Waals surface area contributed by atoms with Gasteiger partial charge in [0.2, 0.25) is 5.91 Å². The van der Waals surface area contributed by atoms with Crippen molar-refractivity contribution in [2.45, 2.75) is 38.9 Å². The van der Waals surface area contributed by atoms with Gasteiger partial charge in [0, 0.05) is 28.9 Å². The summed E-state index contributed by atoms with van der Waals surface area (Å²) in [7, 11) is 0. The van der Waals surface area contributed by atoms with Gasteiger partial charge < -0.3 is 15.5 Å². The molecular weight excluding hydrogens is 431 g/mol. The summed E-state index contributed by atoms with van der Waals surface area (Å²) in [6.45, 7) is 4.16. The Bertz CT molecular complexity index is 992. The topological polar surface area (TPSA) is 61.4 Å². The van der Waals surface area contributed by atoms with E-state index in [4.69, 9.17) is 11.6 Å². The molecule has 0 bridgehead atoms. The molecule has 0 aromatic heterocycles. The summed E-state index contributed by atoms with van der Waals surface area (Å²) in [4.78, 5) is 26.9. The highest BCUT2D eigenvalue weighted by molar-refractivity contribution is 6.30. The van der Waals surface area contributed by atoms with E-state index in [0.29, 0.717) is 18.5 Å². The smallest absolute Gasteiger partial charge is 0.362 e. The summed E-state index contributed by atoms with van der Waals surface area (Å²) in [5.41, 5.74) is 0.782. The molecule has 31 heavy (non-hydrogen) atoms. The van der Waals surface area contributed by atoms with Gasteiger partial charge in [-0.25, -0.2) is 0 Å². The van der Waals surface area contributed by atoms with Crippen LogP contribution < -0.4 is 15.5 Å². The zero-order chi connectivity index (χ0) is 22.8. The molecule has 0 atom stereocenters. The van der Waals surface area contributed by atoms with Crippen molar-refractivity contribution in [1.29, 1.82) is 0 Å². The molecule has 5 nitrogen and oxygen atoms in total. The van der Waals surface area contributed by atoms with Crippen molar-refractivity contribution in [2.24, 2.45) is 0 Å². The molecule has 2 amide bonds. The van der Waals surface area contributed by atoms with Gasteiger partial charge in [-0.3, -0.25) is 9.59 Å². The Morgan fingerprint density at radius 1 is 1.19 bits per heavy atom. The van der Waals surface area contributed by atoms with Crippen molar-refractivity contribution in [3.63, 3.8) is 0 Å². The lowest BCUT2D eigenvalue weighted by Gasteiger charge is -2.32.